The molecular weight excluding hydrogens is 198 g/mol. The minimum absolute atomic E-state index is 0.0110. The lowest BCUT2D eigenvalue weighted by Crippen LogP contribution is -2.37. The predicted molar refractivity (Wildman–Crippen MR) is 69.4 cm³/mol. The van der Waals surface area contributed by atoms with Gasteiger partial charge in [-0.15, -0.1) is 0 Å². The number of hydrogen-bond donors (Lipinski definition) is 1. The van der Waals surface area contributed by atoms with E-state index in [2.05, 4.69) is 27.7 Å². The number of rotatable bonds is 4. The first-order valence-corrected chi connectivity index (χ1v) is 6.82. The van der Waals surface area contributed by atoms with Gasteiger partial charge < -0.3 is 10.5 Å². The summed E-state index contributed by atoms with van der Waals surface area (Å²) in [4.78, 5) is 0. The molecule has 0 bridgehead atoms. The molecule has 96 valence electrons. The van der Waals surface area contributed by atoms with Crippen LogP contribution in [0.25, 0.3) is 0 Å². The van der Waals surface area contributed by atoms with Crippen molar-refractivity contribution in [1.29, 1.82) is 0 Å². The smallest absolute Gasteiger partial charge is 0.0598 e. The van der Waals surface area contributed by atoms with Gasteiger partial charge in [0.25, 0.3) is 0 Å². The summed E-state index contributed by atoms with van der Waals surface area (Å²) in [6, 6.07) is 0.409. The van der Waals surface area contributed by atoms with Gasteiger partial charge in [0, 0.05) is 12.6 Å². The lowest BCUT2D eigenvalue weighted by molar-refractivity contribution is -0.0135. The van der Waals surface area contributed by atoms with Crippen LogP contribution in [0.1, 0.15) is 59.8 Å². The van der Waals surface area contributed by atoms with E-state index in [-0.39, 0.29) is 5.60 Å². The van der Waals surface area contributed by atoms with E-state index in [0.717, 1.165) is 18.9 Å². The molecule has 0 spiro atoms. The molecule has 2 heteroatoms. The fraction of sp³-hybridized carbons (Fsp3) is 1.00. The van der Waals surface area contributed by atoms with Crippen molar-refractivity contribution in [2.24, 2.45) is 17.6 Å². The average Bonchev–Trinajstić information content (AvgIpc) is 2.19. The summed E-state index contributed by atoms with van der Waals surface area (Å²) in [7, 11) is 0. The molecule has 0 aromatic heterocycles. The number of ether oxygens (including phenoxy) is 1. The zero-order chi connectivity index (χ0) is 12.2. The van der Waals surface area contributed by atoms with Gasteiger partial charge in [-0.25, -0.2) is 0 Å². The zero-order valence-electron chi connectivity index (χ0n) is 11.5. The maximum Gasteiger partial charge on any atom is 0.0598 e. The number of hydrogen-bond acceptors (Lipinski definition) is 2. The predicted octanol–water partition coefficient (Wildman–Crippen LogP) is 3.35. The van der Waals surface area contributed by atoms with Gasteiger partial charge in [0.1, 0.15) is 0 Å². The Morgan fingerprint density at radius 3 is 2.50 bits per heavy atom. The highest BCUT2D eigenvalue weighted by Gasteiger charge is 2.27. The van der Waals surface area contributed by atoms with Gasteiger partial charge in [-0.3, -0.25) is 0 Å². The van der Waals surface area contributed by atoms with Crippen molar-refractivity contribution in [1.82, 2.24) is 0 Å². The Labute approximate surface area is 101 Å². The monoisotopic (exact) mass is 227 g/mol. The van der Waals surface area contributed by atoms with Gasteiger partial charge in [0.05, 0.1) is 5.60 Å². The highest BCUT2D eigenvalue weighted by molar-refractivity contribution is 4.82. The van der Waals surface area contributed by atoms with Crippen LogP contribution in [0.15, 0.2) is 0 Å². The molecule has 2 nitrogen and oxygen atoms in total. The third-order valence-corrected chi connectivity index (χ3v) is 3.75. The summed E-state index contributed by atoms with van der Waals surface area (Å²) in [5.41, 5.74) is 6.18. The average molecular weight is 227 g/mol. The van der Waals surface area contributed by atoms with Gasteiger partial charge in [-0.2, -0.15) is 0 Å². The van der Waals surface area contributed by atoms with Crippen LogP contribution in [0, 0.1) is 11.8 Å². The lowest BCUT2D eigenvalue weighted by atomic mass is 9.76. The Kier molecular flexibility index (Phi) is 5.26. The van der Waals surface area contributed by atoms with Crippen molar-refractivity contribution in [3.05, 3.63) is 0 Å². The molecule has 1 aliphatic rings. The molecule has 0 heterocycles. The molecule has 1 fully saturated rings. The second-order valence-electron chi connectivity index (χ2n) is 6.26. The second-order valence-corrected chi connectivity index (χ2v) is 6.26. The van der Waals surface area contributed by atoms with Crippen LogP contribution in [0.4, 0.5) is 0 Å². The highest BCUT2D eigenvalue weighted by Crippen LogP contribution is 2.32. The molecule has 0 aromatic carbocycles. The first-order valence-electron chi connectivity index (χ1n) is 6.82. The summed E-state index contributed by atoms with van der Waals surface area (Å²) in [5, 5.41) is 0. The Morgan fingerprint density at radius 1 is 1.25 bits per heavy atom. The first-order chi connectivity index (χ1) is 7.42. The summed E-state index contributed by atoms with van der Waals surface area (Å²) in [5.74, 6) is 1.58. The SMILES string of the molecule is CCC1CCC(N)C(CCOC(C)(C)C)C1. The maximum absolute atomic E-state index is 6.19. The third-order valence-electron chi connectivity index (χ3n) is 3.75. The Morgan fingerprint density at radius 2 is 1.94 bits per heavy atom. The quantitative estimate of drug-likeness (QED) is 0.799. The molecule has 3 unspecified atom stereocenters. The molecular formula is C14H29NO. The summed E-state index contributed by atoms with van der Waals surface area (Å²) in [6.07, 6.45) is 6.29. The van der Waals surface area contributed by atoms with Crippen LogP contribution in [0.5, 0.6) is 0 Å². The van der Waals surface area contributed by atoms with E-state index < -0.39 is 0 Å². The molecule has 3 atom stereocenters. The molecule has 2 N–H and O–H groups in total. The van der Waals surface area contributed by atoms with Crippen molar-refractivity contribution in [2.45, 2.75) is 71.4 Å². The van der Waals surface area contributed by atoms with Crippen molar-refractivity contribution in [3.63, 3.8) is 0 Å². The highest BCUT2D eigenvalue weighted by atomic mass is 16.5. The van der Waals surface area contributed by atoms with E-state index in [0.29, 0.717) is 12.0 Å². The fourth-order valence-electron chi connectivity index (χ4n) is 2.60. The van der Waals surface area contributed by atoms with Crippen molar-refractivity contribution in [2.75, 3.05) is 6.61 Å². The van der Waals surface area contributed by atoms with Gasteiger partial charge in [0.15, 0.2) is 0 Å². The normalized spacial score (nSPS) is 31.7. The van der Waals surface area contributed by atoms with Crippen LogP contribution in [0.2, 0.25) is 0 Å². The molecule has 0 saturated heterocycles. The Bertz CT molecular complexity index is 197. The van der Waals surface area contributed by atoms with Crippen LogP contribution < -0.4 is 5.73 Å². The molecule has 1 aliphatic carbocycles. The van der Waals surface area contributed by atoms with E-state index >= 15 is 0 Å². The van der Waals surface area contributed by atoms with E-state index in [1.807, 2.05) is 0 Å². The van der Waals surface area contributed by atoms with E-state index in [1.54, 1.807) is 0 Å². The van der Waals surface area contributed by atoms with E-state index in [1.165, 1.54) is 25.7 Å². The summed E-state index contributed by atoms with van der Waals surface area (Å²) >= 11 is 0. The van der Waals surface area contributed by atoms with Gasteiger partial charge in [-0.05, 0) is 58.3 Å². The summed E-state index contributed by atoms with van der Waals surface area (Å²) in [6.45, 7) is 9.50. The van der Waals surface area contributed by atoms with Crippen molar-refractivity contribution in [3.8, 4) is 0 Å². The molecule has 1 rings (SSSR count). The van der Waals surface area contributed by atoms with Crippen molar-refractivity contribution >= 4 is 0 Å². The fourth-order valence-corrected chi connectivity index (χ4v) is 2.60. The number of nitrogens with two attached hydrogens (primary N) is 1. The first kappa shape index (κ1) is 14.0. The van der Waals surface area contributed by atoms with Gasteiger partial charge >= 0.3 is 0 Å². The Hall–Kier alpha value is -0.0800. The molecule has 0 aliphatic heterocycles. The lowest BCUT2D eigenvalue weighted by Gasteiger charge is -2.34. The van der Waals surface area contributed by atoms with E-state index in [9.17, 15) is 0 Å². The van der Waals surface area contributed by atoms with Gasteiger partial charge in [0.2, 0.25) is 0 Å². The van der Waals surface area contributed by atoms with Crippen LogP contribution in [-0.4, -0.2) is 18.2 Å². The summed E-state index contributed by atoms with van der Waals surface area (Å²) < 4.78 is 5.79. The standard InChI is InChI=1S/C14H29NO/c1-5-11-6-7-13(15)12(10-11)8-9-16-14(2,3)4/h11-13H,5-10,15H2,1-4H3. The maximum atomic E-state index is 6.19. The second kappa shape index (κ2) is 6.02. The zero-order valence-corrected chi connectivity index (χ0v) is 11.5. The Balaban J connectivity index is 2.28. The minimum atomic E-state index is -0.0110. The van der Waals surface area contributed by atoms with Crippen LogP contribution >= 0.6 is 0 Å². The van der Waals surface area contributed by atoms with Gasteiger partial charge in [-0.1, -0.05) is 13.3 Å². The molecule has 16 heavy (non-hydrogen) atoms. The molecule has 1 saturated carbocycles. The van der Waals surface area contributed by atoms with Crippen molar-refractivity contribution < 1.29 is 4.74 Å². The van der Waals surface area contributed by atoms with Crippen LogP contribution in [0.3, 0.4) is 0 Å². The minimum Gasteiger partial charge on any atom is -0.376 e. The topological polar surface area (TPSA) is 35.2 Å². The third kappa shape index (κ3) is 4.84. The molecule has 0 aromatic rings. The molecule has 0 radical (unpaired) electrons. The van der Waals surface area contributed by atoms with Crippen LogP contribution in [-0.2, 0) is 4.74 Å². The largest absolute Gasteiger partial charge is 0.376 e. The van der Waals surface area contributed by atoms with E-state index in [4.69, 9.17) is 10.5 Å². The molecule has 0 amide bonds.